The Kier molecular flexibility index (Phi) is 39.4. The second-order valence-corrected chi connectivity index (χ2v) is 26.8. The molecular weight excluding hydrogens is 1410 g/mol. The first-order chi connectivity index (χ1) is 52.3. The van der Waals surface area contributed by atoms with Gasteiger partial charge in [-0.2, -0.15) is 15.3 Å². The molecular formula is C76H111ClN18O13. The smallest absolute Gasteiger partial charge is 0.407 e. The van der Waals surface area contributed by atoms with Crippen molar-refractivity contribution in [3.8, 4) is 0 Å². The quantitative estimate of drug-likeness (QED) is 0.00972. The van der Waals surface area contributed by atoms with E-state index in [1.165, 1.54) is 35.3 Å². The number of hydrogen-bond acceptors (Lipinski definition) is 22. The van der Waals surface area contributed by atoms with Crippen LogP contribution >= 0.6 is 11.6 Å². The topological polar surface area (TPSA) is 416 Å². The highest BCUT2D eigenvalue weighted by Crippen LogP contribution is 2.23. The Hall–Kier alpha value is -10.0. The number of nitrogens with zero attached hydrogens (tertiary/aromatic N) is 9. The number of aliphatic carboxylic acids is 1. The van der Waals surface area contributed by atoms with E-state index in [1.54, 1.807) is 32.6 Å². The number of carboxylic acids is 1. The minimum Gasteiger partial charge on any atom is -0.480 e. The van der Waals surface area contributed by atoms with Crippen molar-refractivity contribution in [3.63, 3.8) is 0 Å². The van der Waals surface area contributed by atoms with E-state index < -0.39 is 47.6 Å². The molecule has 9 heterocycles. The molecule has 0 bridgehead atoms. The predicted octanol–water partition coefficient (Wildman–Crippen LogP) is 9.49. The van der Waals surface area contributed by atoms with Crippen molar-refractivity contribution in [3.05, 3.63) is 124 Å². The highest BCUT2D eigenvalue weighted by atomic mass is 35.5. The maximum atomic E-state index is 12.7. The van der Waals surface area contributed by atoms with Gasteiger partial charge in [0.15, 0.2) is 11.6 Å². The number of carbonyl (C=O) groups excluding carboxylic acids is 8. The van der Waals surface area contributed by atoms with Crippen LogP contribution in [-0.4, -0.2) is 179 Å². The molecule has 0 saturated carbocycles. The second kappa shape index (κ2) is 49.0. The van der Waals surface area contributed by atoms with Gasteiger partial charge in [0.1, 0.15) is 29.5 Å². The van der Waals surface area contributed by atoms with Gasteiger partial charge in [0.25, 0.3) is 17.7 Å². The Labute approximate surface area is 637 Å². The summed E-state index contributed by atoms with van der Waals surface area (Å²) in [6.45, 7) is 15.5. The monoisotopic (exact) mass is 1520 g/mol. The van der Waals surface area contributed by atoms with Gasteiger partial charge in [0.2, 0.25) is 0 Å². The summed E-state index contributed by atoms with van der Waals surface area (Å²) in [5, 5.41) is 44.9. The van der Waals surface area contributed by atoms with Gasteiger partial charge in [-0.3, -0.25) is 38.0 Å². The Morgan fingerprint density at radius 2 is 0.833 bits per heavy atom. The average molecular weight is 1520 g/mol. The number of Topliss-reactive ketones (excluding diaryl/α,β-unsaturated/α-hetero) is 2. The van der Waals surface area contributed by atoms with Crippen LogP contribution < -0.4 is 48.3 Å². The molecule has 0 unspecified atom stereocenters. The molecule has 0 spiro atoms. The van der Waals surface area contributed by atoms with Crippen molar-refractivity contribution in [1.82, 2.24) is 70.9 Å². The minimum atomic E-state index is -1.30. The number of carboxylic acid groups (broad SMARTS) is 1. The zero-order chi connectivity index (χ0) is 77.8. The Bertz CT molecular complexity index is 3810. The van der Waals surface area contributed by atoms with Crippen LogP contribution in [0.15, 0.2) is 73.6 Å². The van der Waals surface area contributed by atoms with Gasteiger partial charge in [-0.15, -0.1) is 0 Å². The summed E-state index contributed by atoms with van der Waals surface area (Å²) in [5.74, 6) is 0.385. The number of amides is 5. The van der Waals surface area contributed by atoms with Gasteiger partial charge in [-0.05, 0) is 106 Å². The summed E-state index contributed by atoms with van der Waals surface area (Å²) in [7, 11) is 0. The van der Waals surface area contributed by atoms with E-state index in [4.69, 9.17) is 31.8 Å². The van der Waals surface area contributed by atoms with E-state index in [9.17, 15) is 48.3 Å². The molecule has 3 atom stereocenters. The van der Waals surface area contributed by atoms with Crippen LogP contribution in [0.3, 0.4) is 0 Å². The molecule has 590 valence electrons. The van der Waals surface area contributed by atoms with Crippen molar-refractivity contribution >= 4 is 81.9 Å². The maximum absolute atomic E-state index is 12.7. The number of rotatable bonds is 40. The van der Waals surface area contributed by atoms with Gasteiger partial charge in [0.05, 0.1) is 61.1 Å². The van der Waals surface area contributed by atoms with Gasteiger partial charge >= 0.3 is 23.6 Å². The number of halogens is 1. The van der Waals surface area contributed by atoms with Gasteiger partial charge in [0, 0.05) is 138 Å². The number of aryl methyl sites for hydroxylation is 9. The number of carbonyl (C=O) groups is 9. The Balaban J connectivity index is 0.000000242. The summed E-state index contributed by atoms with van der Waals surface area (Å²) in [6.07, 6.45) is 28.1. The van der Waals surface area contributed by atoms with E-state index in [1.807, 2.05) is 32.9 Å². The predicted molar refractivity (Wildman–Crippen MR) is 410 cm³/mol. The number of ketones is 2. The third-order valence-electron chi connectivity index (χ3n) is 17.7. The molecule has 0 fully saturated rings. The van der Waals surface area contributed by atoms with Crippen LogP contribution in [0.1, 0.15) is 209 Å². The van der Waals surface area contributed by atoms with Gasteiger partial charge < -0.3 is 67.6 Å². The van der Waals surface area contributed by atoms with Crippen molar-refractivity contribution in [1.29, 1.82) is 0 Å². The molecule has 3 aliphatic rings. The number of nitrogens with two attached hydrogens (primary N) is 1. The van der Waals surface area contributed by atoms with E-state index >= 15 is 0 Å². The lowest BCUT2D eigenvalue weighted by Gasteiger charge is -2.18. The first-order valence-corrected chi connectivity index (χ1v) is 38.5. The summed E-state index contributed by atoms with van der Waals surface area (Å²) in [6, 6.07) is 9.66. The molecule has 0 aromatic carbocycles. The summed E-state index contributed by atoms with van der Waals surface area (Å²) >= 11 is 4.85. The van der Waals surface area contributed by atoms with Crippen molar-refractivity contribution in [2.24, 2.45) is 5.73 Å². The third-order valence-corrected chi connectivity index (χ3v) is 17.8. The summed E-state index contributed by atoms with van der Waals surface area (Å²) in [4.78, 5) is 121. The fourth-order valence-electron chi connectivity index (χ4n) is 11.2. The highest BCUT2D eigenvalue weighted by Gasteiger charge is 2.25. The van der Waals surface area contributed by atoms with Crippen molar-refractivity contribution in [2.45, 2.75) is 220 Å². The summed E-state index contributed by atoms with van der Waals surface area (Å²) < 4.78 is 19.5. The molecule has 0 saturated heterocycles. The molecule has 31 nitrogen and oxygen atoms in total. The van der Waals surface area contributed by atoms with Crippen LogP contribution in [0.2, 0.25) is 0 Å². The molecule has 108 heavy (non-hydrogen) atoms. The van der Waals surface area contributed by atoms with Crippen LogP contribution in [0.4, 0.5) is 31.8 Å². The number of hydrogen-bond donors (Lipinski definition) is 10. The minimum absolute atomic E-state index is 0.00788. The number of ether oxygens (including phenoxy) is 3. The fraction of sp³-hybridized carbons (Fsp3) is 0.566. The molecule has 11 N–H and O–H groups in total. The molecule has 6 aromatic heterocycles. The average Bonchev–Trinajstić information content (AvgIpc) is 0.985. The largest absolute Gasteiger partial charge is 0.480 e. The van der Waals surface area contributed by atoms with Crippen LogP contribution in [0.25, 0.3) is 0 Å². The Morgan fingerprint density at radius 3 is 1.20 bits per heavy atom. The standard InChI is InChI=1S/C27H40N6O4.C22H30N6O5.C22H32N6O2.C5H9ClO2/c1-3-5-7-10-24(34)23(32-27(36)37-16-6-4-2)18-29-26(35)21-17-30-33(19-21)15-13-22-12-11-20-9-8-14-28-25(20)31-22;1-2-3-11-33-22(32)27-18(21(30)31)13-24-20(29)16-12-25-28(14-16)10-8-17-7-6-15-5-4-9-23-19(15)26-17;1-2-3-4-7-20(29)19(23)14-25-22(30)17-13-26-28(15-17)12-10-18-9-8-16-6-5-11-24-21(16)27-18;1-2-3-4-8-5(6)7/h11-12,17,19,23H,3-10,13-16,18H2,1-2H3,(H,28,31)(H,29,35)(H,32,36);6-7,12,14,18H,2-5,8-11,13H2,1H3,(H,23,26)(H,24,29)(H,27,32)(H,30,31);8-9,13,15,19H,2-7,10-12,14,23H2,1H3,(H,24,27)(H,25,30);2-4H2,1H3/t23-;18-;19-;/m000./s1. The lowest BCUT2D eigenvalue weighted by molar-refractivity contribution is -0.139. The number of fused-ring (bicyclic) bond motifs is 3. The first kappa shape index (κ1) is 86.9. The number of unbranched alkanes of at least 4 members (excludes halogenated alkanes) is 7. The SMILES string of the molecule is CCCCCC(=O)[C@@H](N)CNC(=O)c1cnn(CCc2ccc3c(n2)NCCC3)c1.CCCCCC(=O)[C@H](CNC(=O)c1cnn(CCc2ccc3c(n2)NCCC3)c1)NC(=O)OCCCC.CCCCOC(=O)Cl.CCCCOC(=O)N[C@@H](CNC(=O)c1cnn(CCc2ccc3c(n2)NCCC3)c1)C(=O)O. The zero-order valence-corrected chi connectivity index (χ0v) is 64.0. The van der Waals surface area contributed by atoms with E-state index in [0.717, 1.165) is 170 Å². The molecule has 0 radical (unpaired) electrons. The molecule has 5 amide bonds. The number of anilines is 3. The van der Waals surface area contributed by atoms with E-state index in [2.05, 4.69) is 111 Å². The van der Waals surface area contributed by atoms with Gasteiger partial charge in [-0.1, -0.05) is 97.8 Å². The zero-order valence-electron chi connectivity index (χ0n) is 63.2. The van der Waals surface area contributed by atoms with Crippen molar-refractivity contribution < 1.29 is 62.5 Å². The normalized spacial score (nSPS) is 13.1. The number of pyridine rings is 3. The first-order valence-electron chi connectivity index (χ1n) is 38.1. The highest BCUT2D eigenvalue weighted by molar-refractivity contribution is 6.61. The fourth-order valence-corrected chi connectivity index (χ4v) is 11.3. The van der Waals surface area contributed by atoms with Gasteiger partial charge in [-0.25, -0.2) is 34.1 Å². The second-order valence-electron chi connectivity index (χ2n) is 26.5. The molecule has 6 aromatic rings. The third kappa shape index (κ3) is 32.2. The number of nitrogens with one attached hydrogen (secondary N) is 8. The maximum Gasteiger partial charge on any atom is 0.407 e. The number of aromatic nitrogens is 9. The van der Waals surface area contributed by atoms with Crippen LogP contribution in [0.5, 0.6) is 0 Å². The lowest BCUT2D eigenvalue weighted by Crippen LogP contribution is -2.48. The Morgan fingerprint density at radius 1 is 0.481 bits per heavy atom. The molecule has 3 aliphatic heterocycles. The van der Waals surface area contributed by atoms with E-state index in [-0.39, 0.29) is 49.6 Å². The van der Waals surface area contributed by atoms with E-state index in [0.29, 0.717) is 81.6 Å². The lowest BCUT2D eigenvalue weighted by atomic mass is 10.1. The van der Waals surface area contributed by atoms with Crippen LogP contribution in [0, 0.1) is 0 Å². The van der Waals surface area contributed by atoms with Crippen molar-refractivity contribution in [2.75, 3.05) is 75.0 Å². The molecule has 32 heteroatoms. The summed E-state index contributed by atoms with van der Waals surface area (Å²) in [5.41, 5.74) is 13.0. The number of alkyl carbamates (subject to hydrolysis) is 2. The molecule has 0 aliphatic carbocycles. The molecule has 9 rings (SSSR count). The van der Waals surface area contributed by atoms with Crippen LogP contribution in [-0.2, 0) is 86.8 Å².